The van der Waals surface area contributed by atoms with E-state index in [4.69, 9.17) is 14.0 Å². The summed E-state index contributed by atoms with van der Waals surface area (Å²) < 4.78 is 59.4. The molecule has 1 unspecified atom stereocenters. The van der Waals surface area contributed by atoms with Crippen LogP contribution in [0.5, 0.6) is 5.88 Å². The number of ether oxygens (including phenoxy) is 1. The summed E-state index contributed by atoms with van der Waals surface area (Å²) in [6.45, 7) is 7.70. The molecule has 2 aromatic rings. The van der Waals surface area contributed by atoms with Gasteiger partial charge in [0.15, 0.2) is 11.0 Å². The summed E-state index contributed by atoms with van der Waals surface area (Å²) in [5, 5.41) is 0. The van der Waals surface area contributed by atoms with Crippen LogP contribution in [0.2, 0.25) is 0 Å². The fraction of sp³-hybridized carbons (Fsp3) is 0.389. The van der Waals surface area contributed by atoms with Crippen LogP contribution in [0.1, 0.15) is 27.7 Å². The Balaban J connectivity index is 1.89. The van der Waals surface area contributed by atoms with Crippen LogP contribution in [0.4, 0.5) is 14.5 Å². The van der Waals surface area contributed by atoms with Gasteiger partial charge in [-0.3, -0.25) is 4.72 Å². The number of halogens is 2. The fourth-order valence-electron chi connectivity index (χ4n) is 2.59. The Morgan fingerprint density at radius 1 is 1.14 bits per heavy atom. The Hall–Kier alpha value is -2.04. The van der Waals surface area contributed by atoms with Crippen molar-refractivity contribution in [3.63, 3.8) is 0 Å². The average Bonchev–Trinajstić information content (AvgIpc) is 2.82. The van der Waals surface area contributed by atoms with Gasteiger partial charge in [-0.2, -0.15) is 0 Å². The molecule has 28 heavy (non-hydrogen) atoms. The third-order valence-electron chi connectivity index (χ3n) is 4.89. The summed E-state index contributed by atoms with van der Waals surface area (Å²) in [4.78, 5) is 4.00. The van der Waals surface area contributed by atoms with E-state index >= 15 is 0 Å². The van der Waals surface area contributed by atoms with Crippen molar-refractivity contribution >= 4 is 29.3 Å². The molecule has 0 amide bonds. The second-order valence-corrected chi connectivity index (χ2v) is 8.54. The highest BCUT2D eigenvalue weighted by atomic mass is 32.2. The zero-order chi connectivity index (χ0) is 20.7. The van der Waals surface area contributed by atoms with Gasteiger partial charge in [-0.1, -0.05) is 0 Å². The first kappa shape index (κ1) is 20.7. The summed E-state index contributed by atoms with van der Waals surface area (Å²) in [6, 6.07) is 4.44. The van der Waals surface area contributed by atoms with Crippen molar-refractivity contribution in [3.05, 3.63) is 42.1 Å². The molecule has 0 bridgehead atoms. The van der Waals surface area contributed by atoms with Crippen molar-refractivity contribution in [1.29, 1.82) is 0 Å². The molecule has 0 aliphatic carbocycles. The second kappa shape index (κ2) is 7.42. The zero-order valence-corrected chi connectivity index (χ0v) is 17.0. The lowest BCUT2D eigenvalue weighted by Crippen LogP contribution is -2.41. The minimum atomic E-state index is -2.00. The molecule has 0 radical (unpaired) electrons. The summed E-state index contributed by atoms with van der Waals surface area (Å²) in [5.41, 5.74) is -0.230. The first-order valence-corrected chi connectivity index (χ1v) is 9.72. The molecule has 1 atom stereocenters. The molecule has 6 nitrogen and oxygen atoms in total. The molecule has 1 aromatic carbocycles. The number of rotatable bonds is 5. The van der Waals surface area contributed by atoms with E-state index in [9.17, 15) is 13.0 Å². The van der Waals surface area contributed by atoms with Gasteiger partial charge in [0.05, 0.1) is 23.2 Å². The van der Waals surface area contributed by atoms with Gasteiger partial charge < -0.3 is 14.0 Å². The number of anilines is 1. The van der Waals surface area contributed by atoms with E-state index < -0.39 is 40.9 Å². The molecule has 1 aliphatic heterocycles. The number of nitrogens with one attached hydrogen (secondary N) is 1. The van der Waals surface area contributed by atoms with E-state index in [1.54, 1.807) is 6.07 Å². The van der Waals surface area contributed by atoms with E-state index in [0.29, 0.717) is 11.5 Å². The quantitative estimate of drug-likeness (QED) is 0.768. The topological polar surface area (TPSA) is 69.7 Å². The second-order valence-electron chi connectivity index (χ2n) is 7.36. The van der Waals surface area contributed by atoms with Crippen molar-refractivity contribution in [1.82, 2.24) is 4.98 Å². The van der Waals surface area contributed by atoms with E-state index in [0.717, 1.165) is 12.1 Å². The number of nitrogens with zero attached hydrogens (tertiary/aromatic N) is 1. The van der Waals surface area contributed by atoms with Gasteiger partial charge in [0.1, 0.15) is 17.3 Å². The standard InChI is InChI=1S/C18H21BF2N2O4S/c1-17(2)18(3,4)27-19(26-17)11-8-14(16(25-5)22-10-11)23-28(24)15-7-6-12(20)9-13(15)21/h6-10,23H,1-5H3. The smallest absolute Gasteiger partial charge is 0.480 e. The van der Waals surface area contributed by atoms with Crippen molar-refractivity contribution in [2.24, 2.45) is 0 Å². The molecule has 3 rings (SSSR count). The molecule has 0 spiro atoms. The Bertz CT molecular complexity index is 910. The predicted octanol–water partition coefficient (Wildman–Crippen LogP) is 2.80. The largest absolute Gasteiger partial charge is 0.496 e. The van der Waals surface area contributed by atoms with Crippen LogP contribution in [-0.4, -0.2) is 34.6 Å². The van der Waals surface area contributed by atoms with Gasteiger partial charge in [0.25, 0.3) is 0 Å². The Morgan fingerprint density at radius 3 is 2.36 bits per heavy atom. The summed E-state index contributed by atoms with van der Waals surface area (Å²) in [6.07, 6.45) is 1.54. The summed E-state index contributed by atoms with van der Waals surface area (Å²) in [5.74, 6) is -1.50. The highest BCUT2D eigenvalue weighted by Gasteiger charge is 2.52. The Morgan fingerprint density at radius 2 is 1.79 bits per heavy atom. The molecule has 2 heterocycles. The Kier molecular flexibility index (Phi) is 5.48. The first-order valence-electron chi connectivity index (χ1n) is 8.57. The minimum absolute atomic E-state index is 0.163. The van der Waals surface area contributed by atoms with Crippen LogP contribution in [0.25, 0.3) is 0 Å². The van der Waals surface area contributed by atoms with E-state index in [1.165, 1.54) is 13.3 Å². The molecule has 10 heteroatoms. The third-order valence-corrected chi connectivity index (χ3v) is 6.02. The maximum atomic E-state index is 13.9. The van der Waals surface area contributed by atoms with Crippen molar-refractivity contribution < 1.29 is 27.0 Å². The van der Waals surface area contributed by atoms with Gasteiger partial charge >= 0.3 is 7.12 Å². The van der Waals surface area contributed by atoms with Crippen LogP contribution >= 0.6 is 0 Å². The van der Waals surface area contributed by atoms with Crippen molar-refractivity contribution in [2.75, 3.05) is 11.8 Å². The number of methoxy groups -OCH3 is 1. The van der Waals surface area contributed by atoms with Crippen LogP contribution in [0.15, 0.2) is 35.4 Å². The van der Waals surface area contributed by atoms with Crippen LogP contribution in [-0.2, 0) is 20.3 Å². The highest BCUT2D eigenvalue weighted by molar-refractivity contribution is 7.86. The lowest BCUT2D eigenvalue weighted by atomic mass is 9.80. The minimum Gasteiger partial charge on any atom is -0.480 e. The van der Waals surface area contributed by atoms with Crippen molar-refractivity contribution in [3.8, 4) is 5.88 Å². The van der Waals surface area contributed by atoms with Crippen LogP contribution in [0, 0.1) is 11.6 Å². The lowest BCUT2D eigenvalue weighted by molar-refractivity contribution is 0.00578. The summed E-state index contributed by atoms with van der Waals surface area (Å²) >= 11 is 0. The maximum Gasteiger partial charge on any atom is 0.496 e. The first-order chi connectivity index (χ1) is 13.0. The maximum absolute atomic E-state index is 13.9. The predicted molar refractivity (Wildman–Crippen MR) is 103 cm³/mol. The van der Waals surface area contributed by atoms with Crippen LogP contribution < -0.4 is 14.9 Å². The van der Waals surface area contributed by atoms with Gasteiger partial charge in [-0.25, -0.2) is 18.0 Å². The molecule has 1 N–H and O–H groups in total. The fourth-order valence-corrected chi connectivity index (χ4v) is 3.48. The molecule has 150 valence electrons. The normalized spacial score (nSPS) is 18.8. The van der Waals surface area contributed by atoms with Crippen molar-refractivity contribution in [2.45, 2.75) is 43.8 Å². The molecule has 1 saturated heterocycles. The molecule has 1 aliphatic rings. The molecule has 1 aromatic heterocycles. The van der Waals surface area contributed by atoms with E-state index in [1.807, 2.05) is 27.7 Å². The highest BCUT2D eigenvalue weighted by Crippen LogP contribution is 2.36. The van der Waals surface area contributed by atoms with Crippen LogP contribution in [0.3, 0.4) is 0 Å². The number of aromatic nitrogens is 1. The average molecular weight is 410 g/mol. The van der Waals surface area contributed by atoms with Gasteiger partial charge in [-0.05, 0) is 45.9 Å². The zero-order valence-electron chi connectivity index (χ0n) is 16.2. The van der Waals surface area contributed by atoms with E-state index in [-0.39, 0.29) is 16.5 Å². The number of hydrogen-bond acceptors (Lipinski definition) is 5. The SMILES string of the molecule is COc1ncc(B2OC(C)(C)C(C)(C)O2)cc1NS(=O)c1ccc(F)cc1F. The molecule has 0 saturated carbocycles. The molecule has 1 fully saturated rings. The lowest BCUT2D eigenvalue weighted by Gasteiger charge is -2.32. The van der Waals surface area contributed by atoms with Gasteiger partial charge in [-0.15, -0.1) is 0 Å². The number of hydrogen-bond donors (Lipinski definition) is 1. The van der Waals surface area contributed by atoms with E-state index in [2.05, 4.69) is 9.71 Å². The molecular formula is C18H21BF2N2O4S. The number of pyridine rings is 1. The third kappa shape index (κ3) is 3.89. The van der Waals surface area contributed by atoms with Gasteiger partial charge in [0.2, 0.25) is 5.88 Å². The number of benzene rings is 1. The Labute approximate surface area is 165 Å². The molecular weight excluding hydrogens is 389 g/mol. The monoisotopic (exact) mass is 410 g/mol. The van der Waals surface area contributed by atoms with Gasteiger partial charge in [0, 0.05) is 17.7 Å². The summed E-state index contributed by atoms with van der Waals surface area (Å²) in [7, 11) is -1.27.